The van der Waals surface area contributed by atoms with E-state index in [1.165, 1.54) is 0 Å². The molecule has 2 heterocycles. The number of nitrogens with one attached hydrogen (secondary N) is 1. The molecule has 0 saturated carbocycles. The number of hydrogen-bond acceptors (Lipinski definition) is 6. The van der Waals surface area contributed by atoms with Gasteiger partial charge in [-0.2, -0.15) is 0 Å². The van der Waals surface area contributed by atoms with Gasteiger partial charge in [-0.15, -0.1) is 10.2 Å². The molecule has 106 valence electrons. The molecule has 0 aromatic carbocycles. The van der Waals surface area contributed by atoms with Gasteiger partial charge in [0.25, 0.3) is 0 Å². The Morgan fingerprint density at radius 2 is 2.32 bits per heavy atom. The van der Waals surface area contributed by atoms with E-state index in [1.807, 2.05) is 6.92 Å². The van der Waals surface area contributed by atoms with E-state index in [0.29, 0.717) is 22.8 Å². The minimum Gasteiger partial charge on any atom is -0.396 e. The molecule has 1 saturated heterocycles. The minimum absolute atomic E-state index is 0.248. The van der Waals surface area contributed by atoms with Crippen LogP contribution >= 0.6 is 11.6 Å². The fraction of sp³-hybridized carbons (Fsp3) is 0.750. The minimum atomic E-state index is 0.248. The molecule has 2 rings (SSSR count). The molecule has 19 heavy (non-hydrogen) atoms. The van der Waals surface area contributed by atoms with Crippen molar-refractivity contribution in [1.29, 1.82) is 0 Å². The van der Waals surface area contributed by atoms with Gasteiger partial charge in [-0.3, -0.25) is 0 Å². The molecule has 0 amide bonds. The number of rotatable bonds is 5. The topological polar surface area (TPSA) is 74.2 Å². The molecule has 1 atom stereocenters. The van der Waals surface area contributed by atoms with E-state index >= 15 is 0 Å². The highest BCUT2D eigenvalue weighted by Gasteiger charge is 2.20. The van der Waals surface area contributed by atoms with E-state index in [1.54, 1.807) is 0 Å². The van der Waals surface area contributed by atoms with E-state index < -0.39 is 0 Å². The van der Waals surface area contributed by atoms with Gasteiger partial charge in [0.2, 0.25) is 5.95 Å². The third kappa shape index (κ3) is 4.26. The van der Waals surface area contributed by atoms with Crippen LogP contribution in [-0.4, -0.2) is 57.5 Å². The summed E-state index contributed by atoms with van der Waals surface area (Å²) in [7, 11) is 0. The molecule has 0 radical (unpaired) electrons. The van der Waals surface area contributed by atoms with Gasteiger partial charge in [0.1, 0.15) is 0 Å². The first-order chi connectivity index (χ1) is 9.19. The fourth-order valence-electron chi connectivity index (χ4n) is 2.31. The lowest BCUT2D eigenvalue weighted by Crippen LogP contribution is -2.42. The van der Waals surface area contributed by atoms with Gasteiger partial charge in [-0.05, 0) is 32.7 Å². The third-order valence-corrected chi connectivity index (χ3v) is 3.62. The van der Waals surface area contributed by atoms with Crippen LogP contribution < -0.4 is 5.32 Å². The van der Waals surface area contributed by atoms with Crippen molar-refractivity contribution in [1.82, 2.24) is 20.1 Å². The molecule has 1 aromatic rings. The number of likely N-dealkylation sites (tertiary alicyclic amines) is 1. The van der Waals surface area contributed by atoms with E-state index in [9.17, 15) is 0 Å². The van der Waals surface area contributed by atoms with E-state index in [0.717, 1.165) is 38.9 Å². The first-order valence-electron chi connectivity index (χ1n) is 6.65. The maximum Gasteiger partial charge on any atom is 0.243 e. The lowest BCUT2D eigenvalue weighted by atomic mass is 10.1. The normalized spacial score (nSPS) is 20.5. The molecule has 0 aliphatic carbocycles. The number of aliphatic hydroxyl groups is 1. The SMILES string of the molecule is Cc1nc(N[C@@H]2CCCN(CCCO)C2)nnc1Cl. The highest BCUT2D eigenvalue weighted by Crippen LogP contribution is 2.15. The zero-order chi connectivity index (χ0) is 13.7. The maximum atomic E-state index is 8.87. The second-order valence-corrected chi connectivity index (χ2v) is 5.23. The van der Waals surface area contributed by atoms with Crippen molar-refractivity contribution < 1.29 is 5.11 Å². The number of nitrogens with zero attached hydrogens (tertiary/aromatic N) is 4. The zero-order valence-electron chi connectivity index (χ0n) is 11.1. The summed E-state index contributed by atoms with van der Waals surface area (Å²) in [5.41, 5.74) is 0.687. The summed E-state index contributed by atoms with van der Waals surface area (Å²) in [6, 6.07) is 0.329. The van der Waals surface area contributed by atoms with Gasteiger partial charge in [0, 0.05) is 25.7 Å². The molecule has 0 unspecified atom stereocenters. The van der Waals surface area contributed by atoms with Gasteiger partial charge in [0.05, 0.1) is 5.69 Å². The van der Waals surface area contributed by atoms with E-state index in [4.69, 9.17) is 16.7 Å². The lowest BCUT2D eigenvalue weighted by Gasteiger charge is -2.32. The Balaban J connectivity index is 1.89. The zero-order valence-corrected chi connectivity index (χ0v) is 11.9. The number of hydrogen-bond donors (Lipinski definition) is 2. The van der Waals surface area contributed by atoms with Crippen molar-refractivity contribution in [3.8, 4) is 0 Å². The lowest BCUT2D eigenvalue weighted by molar-refractivity contribution is 0.190. The summed E-state index contributed by atoms with van der Waals surface area (Å²) in [6.07, 6.45) is 3.06. The molecule has 1 aliphatic rings. The quantitative estimate of drug-likeness (QED) is 0.844. The van der Waals surface area contributed by atoms with Crippen LogP contribution in [0.2, 0.25) is 5.15 Å². The smallest absolute Gasteiger partial charge is 0.243 e. The molecule has 6 nitrogen and oxygen atoms in total. The van der Waals surface area contributed by atoms with Gasteiger partial charge in [0.15, 0.2) is 5.15 Å². The number of anilines is 1. The van der Waals surface area contributed by atoms with Crippen LogP contribution in [0.3, 0.4) is 0 Å². The fourth-order valence-corrected chi connectivity index (χ4v) is 2.39. The molecular formula is C12H20ClN5O. The Labute approximate surface area is 118 Å². The van der Waals surface area contributed by atoms with Crippen molar-refractivity contribution in [3.63, 3.8) is 0 Å². The summed E-state index contributed by atoms with van der Waals surface area (Å²) in [6.45, 7) is 5.05. The van der Waals surface area contributed by atoms with Crippen LogP contribution in [-0.2, 0) is 0 Å². The summed E-state index contributed by atoms with van der Waals surface area (Å²) < 4.78 is 0. The van der Waals surface area contributed by atoms with E-state index in [2.05, 4.69) is 25.4 Å². The molecule has 7 heteroatoms. The Morgan fingerprint density at radius 3 is 3.05 bits per heavy atom. The number of aliphatic hydroxyl groups excluding tert-OH is 1. The van der Waals surface area contributed by atoms with Crippen LogP contribution in [0, 0.1) is 6.92 Å². The maximum absolute atomic E-state index is 8.87. The highest BCUT2D eigenvalue weighted by molar-refractivity contribution is 6.29. The summed E-state index contributed by atoms with van der Waals surface area (Å²) in [5, 5.41) is 20.3. The molecule has 2 N–H and O–H groups in total. The Kier molecular flexibility index (Phi) is 5.30. The van der Waals surface area contributed by atoms with Crippen LogP contribution in [0.15, 0.2) is 0 Å². The Bertz CT molecular complexity index is 417. The van der Waals surface area contributed by atoms with Crippen molar-refractivity contribution in [2.24, 2.45) is 0 Å². The number of aromatic nitrogens is 3. The van der Waals surface area contributed by atoms with E-state index in [-0.39, 0.29) is 6.61 Å². The van der Waals surface area contributed by atoms with Crippen LogP contribution in [0.5, 0.6) is 0 Å². The highest BCUT2D eigenvalue weighted by atomic mass is 35.5. The standard InChI is InChI=1S/C12H20ClN5O/c1-9-11(13)16-17-12(14-9)15-10-4-2-5-18(8-10)6-3-7-19/h10,19H,2-8H2,1H3,(H,14,15,17)/t10-/m1/s1. The molecule has 1 aliphatic heterocycles. The predicted molar refractivity (Wildman–Crippen MR) is 74.4 cm³/mol. The molecule has 0 bridgehead atoms. The van der Waals surface area contributed by atoms with Crippen molar-refractivity contribution >= 4 is 17.5 Å². The molecule has 0 spiro atoms. The van der Waals surface area contributed by atoms with Crippen molar-refractivity contribution in [3.05, 3.63) is 10.8 Å². The number of piperidine rings is 1. The van der Waals surface area contributed by atoms with Gasteiger partial charge >= 0.3 is 0 Å². The average Bonchev–Trinajstić information content (AvgIpc) is 2.41. The van der Waals surface area contributed by atoms with Gasteiger partial charge in [-0.25, -0.2) is 4.98 Å². The Morgan fingerprint density at radius 1 is 1.47 bits per heavy atom. The van der Waals surface area contributed by atoms with Crippen molar-refractivity contribution in [2.45, 2.75) is 32.2 Å². The first-order valence-corrected chi connectivity index (χ1v) is 7.03. The second kappa shape index (κ2) is 6.98. The Hall–Kier alpha value is -0.980. The second-order valence-electron chi connectivity index (χ2n) is 4.87. The van der Waals surface area contributed by atoms with Crippen LogP contribution in [0.4, 0.5) is 5.95 Å². The van der Waals surface area contributed by atoms with Gasteiger partial charge in [-0.1, -0.05) is 11.6 Å². The molecular weight excluding hydrogens is 266 g/mol. The third-order valence-electron chi connectivity index (χ3n) is 3.28. The molecule has 1 fully saturated rings. The number of aryl methyl sites for hydroxylation is 1. The number of halogens is 1. The first kappa shape index (κ1) is 14.4. The largest absolute Gasteiger partial charge is 0.396 e. The van der Waals surface area contributed by atoms with Crippen LogP contribution in [0.25, 0.3) is 0 Å². The summed E-state index contributed by atoms with van der Waals surface area (Å²) in [5.74, 6) is 0.538. The van der Waals surface area contributed by atoms with Gasteiger partial charge < -0.3 is 15.3 Å². The molecule has 1 aromatic heterocycles. The van der Waals surface area contributed by atoms with Crippen molar-refractivity contribution in [2.75, 3.05) is 31.6 Å². The average molecular weight is 286 g/mol. The summed E-state index contributed by atoms with van der Waals surface area (Å²) >= 11 is 5.81. The monoisotopic (exact) mass is 285 g/mol. The van der Waals surface area contributed by atoms with Crippen LogP contribution in [0.1, 0.15) is 25.0 Å². The summed E-state index contributed by atoms with van der Waals surface area (Å²) in [4.78, 5) is 6.63. The predicted octanol–water partition coefficient (Wildman–Crippen LogP) is 1.09.